The van der Waals surface area contributed by atoms with Crippen molar-refractivity contribution in [3.8, 4) is 17.2 Å². The number of hydrogen-bond acceptors (Lipinski definition) is 8. The molecule has 33 heavy (non-hydrogen) atoms. The first-order chi connectivity index (χ1) is 15.9. The Morgan fingerprint density at radius 3 is 2.52 bits per heavy atom. The minimum absolute atomic E-state index is 0.0429. The molecule has 4 rings (SSSR count). The van der Waals surface area contributed by atoms with Crippen molar-refractivity contribution in [2.45, 2.75) is 13.0 Å². The van der Waals surface area contributed by atoms with Gasteiger partial charge in [0.15, 0.2) is 6.10 Å². The van der Waals surface area contributed by atoms with Crippen LogP contribution in [0.3, 0.4) is 0 Å². The van der Waals surface area contributed by atoms with Crippen LogP contribution in [0.2, 0.25) is 0 Å². The van der Waals surface area contributed by atoms with Gasteiger partial charge in [0.25, 0.3) is 11.6 Å². The van der Waals surface area contributed by atoms with Gasteiger partial charge in [0.05, 0.1) is 12.0 Å². The van der Waals surface area contributed by atoms with Gasteiger partial charge in [-0.25, -0.2) is 4.79 Å². The first-order valence-electron chi connectivity index (χ1n) is 9.97. The Balaban J connectivity index is 1.40. The third-order valence-electron chi connectivity index (χ3n) is 4.89. The lowest BCUT2D eigenvalue weighted by molar-refractivity contribution is -0.384. The summed E-state index contributed by atoms with van der Waals surface area (Å²) in [6, 6.07) is 17.3. The summed E-state index contributed by atoms with van der Waals surface area (Å²) < 4.78 is 16.1. The number of rotatable bonds is 7. The zero-order valence-corrected chi connectivity index (χ0v) is 17.8. The number of methoxy groups -OCH3 is 1. The fourth-order valence-corrected chi connectivity index (χ4v) is 3.14. The molecular weight excluding hydrogens is 426 g/mol. The SMILES string of the molecule is COc1ccc2cc(/C=C/C(=O)OC(C)c3nnc(-c4ccc([N+](=O)[O-])cc4)o3)ccc2c1. The molecule has 1 atom stereocenters. The minimum Gasteiger partial charge on any atom is -0.497 e. The van der Waals surface area contributed by atoms with Gasteiger partial charge in [-0.05, 0) is 59.7 Å². The Kier molecular flexibility index (Phi) is 6.12. The Hall–Kier alpha value is -4.53. The predicted octanol–water partition coefficient (Wildman–Crippen LogP) is 5.12. The van der Waals surface area contributed by atoms with Crippen molar-refractivity contribution < 1.29 is 23.6 Å². The molecule has 1 heterocycles. The van der Waals surface area contributed by atoms with Gasteiger partial charge in [0, 0.05) is 23.8 Å². The summed E-state index contributed by atoms with van der Waals surface area (Å²) in [7, 11) is 1.62. The maximum absolute atomic E-state index is 12.2. The summed E-state index contributed by atoms with van der Waals surface area (Å²) in [6.45, 7) is 1.61. The number of aromatic nitrogens is 2. The lowest BCUT2D eigenvalue weighted by atomic mass is 10.1. The van der Waals surface area contributed by atoms with E-state index < -0.39 is 17.0 Å². The topological polar surface area (TPSA) is 118 Å². The molecule has 0 fully saturated rings. The summed E-state index contributed by atoms with van der Waals surface area (Å²) in [5.41, 5.74) is 1.32. The van der Waals surface area contributed by atoms with Crippen molar-refractivity contribution in [3.63, 3.8) is 0 Å². The summed E-state index contributed by atoms with van der Waals surface area (Å²) in [5.74, 6) is 0.504. The molecule has 0 spiro atoms. The zero-order valence-electron chi connectivity index (χ0n) is 17.8. The molecule has 0 amide bonds. The largest absolute Gasteiger partial charge is 0.497 e. The van der Waals surface area contributed by atoms with Crippen LogP contribution in [-0.2, 0) is 9.53 Å². The van der Waals surface area contributed by atoms with E-state index in [-0.39, 0.29) is 17.5 Å². The number of hydrogen-bond donors (Lipinski definition) is 0. The highest BCUT2D eigenvalue weighted by Crippen LogP contribution is 2.25. The molecule has 0 N–H and O–H groups in total. The third-order valence-corrected chi connectivity index (χ3v) is 4.89. The quantitative estimate of drug-likeness (QED) is 0.166. The van der Waals surface area contributed by atoms with Crippen LogP contribution in [0.5, 0.6) is 5.75 Å². The molecule has 0 saturated carbocycles. The van der Waals surface area contributed by atoms with E-state index in [1.807, 2.05) is 36.4 Å². The van der Waals surface area contributed by atoms with E-state index in [0.717, 1.165) is 22.1 Å². The molecule has 0 saturated heterocycles. The fraction of sp³-hybridized carbons (Fsp3) is 0.125. The number of carbonyl (C=O) groups is 1. The van der Waals surface area contributed by atoms with E-state index in [4.69, 9.17) is 13.9 Å². The van der Waals surface area contributed by atoms with Crippen LogP contribution < -0.4 is 4.74 Å². The summed E-state index contributed by atoms with van der Waals surface area (Å²) in [5, 5.41) is 20.6. The van der Waals surface area contributed by atoms with Crippen LogP contribution in [0.1, 0.15) is 24.5 Å². The van der Waals surface area contributed by atoms with Gasteiger partial charge in [-0.3, -0.25) is 10.1 Å². The van der Waals surface area contributed by atoms with Gasteiger partial charge in [-0.15, -0.1) is 10.2 Å². The smallest absolute Gasteiger partial charge is 0.331 e. The van der Waals surface area contributed by atoms with Gasteiger partial charge in [-0.1, -0.05) is 18.2 Å². The summed E-state index contributed by atoms with van der Waals surface area (Å²) in [4.78, 5) is 22.5. The third kappa shape index (κ3) is 5.04. The molecule has 166 valence electrons. The second-order valence-corrected chi connectivity index (χ2v) is 7.13. The Morgan fingerprint density at radius 1 is 1.06 bits per heavy atom. The van der Waals surface area contributed by atoms with Crippen molar-refractivity contribution in [3.05, 3.63) is 88.3 Å². The number of nitro benzene ring substituents is 1. The van der Waals surface area contributed by atoms with E-state index in [0.29, 0.717) is 5.56 Å². The van der Waals surface area contributed by atoms with Crippen LogP contribution >= 0.6 is 0 Å². The zero-order chi connectivity index (χ0) is 23.4. The van der Waals surface area contributed by atoms with Gasteiger partial charge >= 0.3 is 5.97 Å². The number of carbonyl (C=O) groups excluding carboxylic acids is 1. The minimum atomic E-state index is -0.773. The number of esters is 1. The van der Waals surface area contributed by atoms with Gasteiger partial charge in [-0.2, -0.15) is 0 Å². The normalized spacial score (nSPS) is 12.1. The molecular formula is C24H19N3O6. The maximum atomic E-state index is 12.2. The van der Waals surface area contributed by atoms with E-state index in [1.54, 1.807) is 20.1 Å². The molecule has 0 radical (unpaired) electrons. The van der Waals surface area contributed by atoms with Crippen molar-refractivity contribution in [1.82, 2.24) is 10.2 Å². The fourth-order valence-electron chi connectivity index (χ4n) is 3.14. The Morgan fingerprint density at radius 2 is 1.79 bits per heavy atom. The number of ether oxygens (including phenoxy) is 2. The van der Waals surface area contributed by atoms with E-state index in [9.17, 15) is 14.9 Å². The van der Waals surface area contributed by atoms with Crippen LogP contribution in [0.15, 0.2) is 71.2 Å². The molecule has 0 bridgehead atoms. The molecule has 0 aliphatic heterocycles. The number of non-ortho nitro benzene ring substituents is 1. The molecule has 9 heteroatoms. The van der Waals surface area contributed by atoms with Crippen LogP contribution in [-0.4, -0.2) is 28.2 Å². The molecule has 0 aliphatic carbocycles. The van der Waals surface area contributed by atoms with Crippen LogP contribution in [0, 0.1) is 10.1 Å². The van der Waals surface area contributed by atoms with Crippen molar-refractivity contribution in [2.24, 2.45) is 0 Å². The Bertz CT molecular complexity index is 1340. The van der Waals surface area contributed by atoms with Crippen molar-refractivity contribution in [1.29, 1.82) is 0 Å². The maximum Gasteiger partial charge on any atom is 0.331 e. The highest BCUT2D eigenvalue weighted by molar-refractivity contribution is 5.90. The van der Waals surface area contributed by atoms with E-state index >= 15 is 0 Å². The first-order valence-corrected chi connectivity index (χ1v) is 9.97. The van der Waals surface area contributed by atoms with Crippen molar-refractivity contribution in [2.75, 3.05) is 7.11 Å². The molecule has 0 aliphatic rings. The van der Waals surface area contributed by atoms with Gasteiger partial charge in [0.2, 0.25) is 5.89 Å². The average Bonchev–Trinajstić information content (AvgIpc) is 3.33. The molecule has 9 nitrogen and oxygen atoms in total. The predicted molar refractivity (Wildman–Crippen MR) is 120 cm³/mol. The van der Waals surface area contributed by atoms with Crippen molar-refractivity contribution >= 4 is 28.5 Å². The van der Waals surface area contributed by atoms with Gasteiger partial charge < -0.3 is 13.9 Å². The molecule has 1 aromatic heterocycles. The summed E-state index contributed by atoms with van der Waals surface area (Å²) >= 11 is 0. The standard InChI is InChI=1S/C24H19N3O6/c1-15(23-25-26-24(33-23)17-6-9-20(10-7-17)27(29)30)32-22(28)12-4-16-3-5-19-14-21(31-2)11-8-18(19)13-16/h3-15H,1-2H3/b12-4+. The molecule has 4 aromatic rings. The number of benzene rings is 3. The number of nitro groups is 1. The number of fused-ring (bicyclic) bond motifs is 1. The monoisotopic (exact) mass is 445 g/mol. The molecule has 1 unspecified atom stereocenters. The lowest BCUT2D eigenvalue weighted by Crippen LogP contribution is -2.06. The average molecular weight is 445 g/mol. The highest BCUT2D eigenvalue weighted by atomic mass is 16.6. The second-order valence-electron chi connectivity index (χ2n) is 7.13. The van der Waals surface area contributed by atoms with E-state index in [2.05, 4.69) is 10.2 Å². The second kappa shape index (κ2) is 9.31. The van der Waals surface area contributed by atoms with E-state index in [1.165, 1.54) is 30.3 Å². The molecule has 3 aromatic carbocycles. The van der Waals surface area contributed by atoms with Crippen LogP contribution in [0.4, 0.5) is 5.69 Å². The highest BCUT2D eigenvalue weighted by Gasteiger charge is 2.18. The first kappa shape index (κ1) is 21.7. The summed E-state index contributed by atoms with van der Waals surface area (Å²) in [6.07, 6.45) is 2.22. The lowest BCUT2D eigenvalue weighted by Gasteiger charge is -2.07. The van der Waals surface area contributed by atoms with Gasteiger partial charge in [0.1, 0.15) is 5.75 Å². The van der Waals surface area contributed by atoms with Crippen LogP contribution in [0.25, 0.3) is 28.3 Å². The Labute approximate surface area is 188 Å². The number of nitrogens with zero attached hydrogens (tertiary/aromatic N) is 3.